The summed E-state index contributed by atoms with van der Waals surface area (Å²) in [5.74, 6) is 0.857. The first-order valence-electron chi connectivity index (χ1n) is 12.4. The van der Waals surface area contributed by atoms with Crippen LogP contribution in [0.2, 0.25) is 0 Å². The number of piperidine rings is 1. The van der Waals surface area contributed by atoms with Crippen LogP contribution in [-0.2, 0) is 9.59 Å². The molecular weight excluding hydrogens is 404 g/mol. The molecule has 178 valence electrons. The van der Waals surface area contributed by atoms with Crippen molar-refractivity contribution in [1.29, 1.82) is 0 Å². The molecule has 32 heavy (non-hydrogen) atoms. The molecule has 2 heterocycles. The van der Waals surface area contributed by atoms with Crippen LogP contribution in [0.1, 0.15) is 77.6 Å². The minimum atomic E-state index is -0.513. The van der Waals surface area contributed by atoms with Crippen LogP contribution in [0.4, 0.5) is 5.69 Å². The smallest absolute Gasteiger partial charge is 0.246 e. The topological polar surface area (TPSA) is 83.6 Å². The zero-order chi connectivity index (χ0) is 22.8. The number of hydrogen-bond acceptors (Lipinski definition) is 5. The van der Waals surface area contributed by atoms with Gasteiger partial charge in [-0.1, -0.05) is 39.0 Å². The second-order valence-corrected chi connectivity index (χ2v) is 9.47. The molecule has 2 N–H and O–H groups in total. The SMILES string of the molecule is CCCCC(NC(=O)CC1CCCCC1)C(=O)Nc1ccc(OC2CCN(C)CC2)nc1. The molecule has 1 unspecified atom stereocenters. The van der Waals surface area contributed by atoms with E-state index in [1.807, 2.05) is 6.07 Å². The van der Waals surface area contributed by atoms with Crippen molar-refractivity contribution in [2.45, 2.75) is 89.7 Å². The predicted octanol–water partition coefficient (Wildman–Crippen LogP) is 4.14. The molecule has 1 aliphatic heterocycles. The quantitative estimate of drug-likeness (QED) is 0.567. The first-order chi connectivity index (χ1) is 15.5. The van der Waals surface area contributed by atoms with E-state index in [9.17, 15) is 9.59 Å². The van der Waals surface area contributed by atoms with Crippen LogP contribution in [-0.4, -0.2) is 54.0 Å². The highest BCUT2D eigenvalue weighted by Gasteiger charge is 2.23. The fraction of sp³-hybridized carbons (Fsp3) is 0.720. The molecule has 7 nitrogen and oxygen atoms in total. The number of pyridine rings is 1. The summed E-state index contributed by atoms with van der Waals surface area (Å²) >= 11 is 0. The van der Waals surface area contributed by atoms with Crippen molar-refractivity contribution in [3.05, 3.63) is 18.3 Å². The Kier molecular flexibility index (Phi) is 9.78. The summed E-state index contributed by atoms with van der Waals surface area (Å²) < 4.78 is 5.98. The third-order valence-electron chi connectivity index (χ3n) is 6.65. The Bertz CT molecular complexity index is 710. The average molecular weight is 445 g/mol. The predicted molar refractivity (Wildman–Crippen MR) is 127 cm³/mol. The number of amides is 2. The van der Waals surface area contributed by atoms with Gasteiger partial charge in [-0.25, -0.2) is 4.98 Å². The van der Waals surface area contributed by atoms with Crippen molar-refractivity contribution in [2.75, 3.05) is 25.5 Å². The maximum atomic E-state index is 12.9. The summed E-state index contributed by atoms with van der Waals surface area (Å²) in [6, 6.07) is 3.10. The molecule has 0 aromatic carbocycles. The van der Waals surface area contributed by atoms with Crippen LogP contribution in [0.5, 0.6) is 5.88 Å². The molecule has 1 aromatic rings. The number of aromatic nitrogens is 1. The van der Waals surface area contributed by atoms with E-state index in [2.05, 4.69) is 34.5 Å². The molecule has 0 bridgehead atoms. The Morgan fingerprint density at radius 3 is 2.56 bits per heavy atom. The Hall–Kier alpha value is -2.15. The molecule has 1 saturated carbocycles. The highest BCUT2D eigenvalue weighted by Crippen LogP contribution is 2.26. The molecule has 7 heteroatoms. The summed E-state index contributed by atoms with van der Waals surface area (Å²) in [5, 5.41) is 5.91. The van der Waals surface area contributed by atoms with E-state index in [0.717, 1.165) is 51.6 Å². The van der Waals surface area contributed by atoms with Gasteiger partial charge >= 0.3 is 0 Å². The maximum absolute atomic E-state index is 12.9. The molecule has 3 rings (SSSR count). The van der Waals surface area contributed by atoms with Gasteiger partial charge in [0.15, 0.2) is 0 Å². The van der Waals surface area contributed by atoms with E-state index in [-0.39, 0.29) is 17.9 Å². The lowest BCUT2D eigenvalue weighted by Gasteiger charge is -2.28. The van der Waals surface area contributed by atoms with Gasteiger partial charge in [0.2, 0.25) is 17.7 Å². The number of unbranched alkanes of at least 4 members (excludes halogenated alkanes) is 1. The summed E-state index contributed by atoms with van der Waals surface area (Å²) in [7, 11) is 2.12. The monoisotopic (exact) mass is 444 g/mol. The number of likely N-dealkylation sites (tertiary alicyclic amines) is 1. The number of anilines is 1. The van der Waals surface area contributed by atoms with Crippen LogP contribution in [0, 0.1) is 5.92 Å². The van der Waals surface area contributed by atoms with Gasteiger partial charge in [-0.05, 0) is 51.1 Å². The summed E-state index contributed by atoms with van der Waals surface area (Å²) in [6.07, 6.45) is 12.8. The van der Waals surface area contributed by atoms with Crippen molar-refractivity contribution in [3.8, 4) is 5.88 Å². The number of carbonyl (C=O) groups is 2. The number of nitrogens with one attached hydrogen (secondary N) is 2. The minimum Gasteiger partial charge on any atom is -0.474 e. The Balaban J connectivity index is 1.50. The third-order valence-corrected chi connectivity index (χ3v) is 6.65. The first-order valence-corrected chi connectivity index (χ1v) is 12.4. The lowest BCUT2D eigenvalue weighted by Crippen LogP contribution is -2.44. The number of ether oxygens (including phenoxy) is 1. The lowest BCUT2D eigenvalue weighted by atomic mass is 9.87. The number of hydrogen-bond donors (Lipinski definition) is 2. The van der Waals surface area contributed by atoms with Gasteiger partial charge in [-0.15, -0.1) is 0 Å². The largest absolute Gasteiger partial charge is 0.474 e. The van der Waals surface area contributed by atoms with Gasteiger partial charge in [0.1, 0.15) is 12.1 Å². The summed E-state index contributed by atoms with van der Waals surface area (Å²) in [6.45, 7) is 4.15. The fourth-order valence-electron chi connectivity index (χ4n) is 4.61. The molecule has 1 aromatic heterocycles. The third kappa shape index (κ3) is 8.08. The number of rotatable bonds is 10. The highest BCUT2D eigenvalue weighted by atomic mass is 16.5. The molecule has 2 fully saturated rings. The van der Waals surface area contributed by atoms with E-state index in [1.54, 1.807) is 12.3 Å². The van der Waals surface area contributed by atoms with Crippen molar-refractivity contribution in [3.63, 3.8) is 0 Å². The second-order valence-electron chi connectivity index (χ2n) is 9.47. The van der Waals surface area contributed by atoms with Crippen molar-refractivity contribution in [2.24, 2.45) is 5.92 Å². The van der Waals surface area contributed by atoms with E-state index in [4.69, 9.17) is 4.74 Å². The second kappa shape index (κ2) is 12.8. The molecule has 2 aliphatic rings. The summed E-state index contributed by atoms with van der Waals surface area (Å²) in [4.78, 5) is 32.1. The van der Waals surface area contributed by atoms with Crippen LogP contribution >= 0.6 is 0 Å². The van der Waals surface area contributed by atoms with Crippen molar-refractivity contribution >= 4 is 17.5 Å². The normalized spacial score (nSPS) is 19.3. The molecule has 1 aliphatic carbocycles. The summed E-state index contributed by atoms with van der Waals surface area (Å²) in [5.41, 5.74) is 0.619. The van der Waals surface area contributed by atoms with Gasteiger partial charge in [0.25, 0.3) is 0 Å². The Morgan fingerprint density at radius 2 is 1.91 bits per heavy atom. The zero-order valence-corrected chi connectivity index (χ0v) is 19.8. The van der Waals surface area contributed by atoms with Crippen LogP contribution in [0.15, 0.2) is 18.3 Å². The first kappa shape index (κ1) is 24.5. The van der Waals surface area contributed by atoms with Gasteiger partial charge in [-0.2, -0.15) is 0 Å². The van der Waals surface area contributed by atoms with Crippen LogP contribution < -0.4 is 15.4 Å². The highest BCUT2D eigenvalue weighted by molar-refractivity contribution is 5.97. The Morgan fingerprint density at radius 1 is 1.16 bits per heavy atom. The molecule has 0 spiro atoms. The van der Waals surface area contributed by atoms with E-state index in [0.29, 0.717) is 30.3 Å². The zero-order valence-electron chi connectivity index (χ0n) is 19.8. The van der Waals surface area contributed by atoms with Crippen LogP contribution in [0.25, 0.3) is 0 Å². The van der Waals surface area contributed by atoms with Gasteiger partial charge in [-0.3, -0.25) is 9.59 Å². The number of nitrogens with zero attached hydrogens (tertiary/aromatic N) is 2. The molecule has 2 amide bonds. The Labute approximate surface area is 192 Å². The van der Waals surface area contributed by atoms with Crippen molar-refractivity contribution in [1.82, 2.24) is 15.2 Å². The maximum Gasteiger partial charge on any atom is 0.246 e. The standard InChI is InChI=1S/C25H40N4O3/c1-3-4-10-22(28-23(30)17-19-8-6-5-7-9-19)25(31)27-20-11-12-24(26-18-20)32-21-13-15-29(2)16-14-21/h11-12,18-19,21-22H,3-10,13-17H2,1-2H3,(H,27,31)(H,28,30). The number of carbonyl (C=O) groups excluding carboxylic acids is 2. The van der Waals surface area contributed by atoms with Crippen molar-refractivity contribution < 1.29 is 14.3 Å². The van der Waals surface area contributed by atoms with Gasteiger partial charge in [0.05, 0.1) is 11.9 Å². The molecule has 0 radical (unpaired) electrons. The minimum absolute atomic E-state index is 0.00634. The molecule has 1 saturated heterocycles. The van der Waals surface area contributed by atoms with Crippen LogP contribution in [0.3, 0.4) is 0 Å². The van der Waals surface area contributed by atoms with Gasteiger partial charge in [0, 0.05) is 25.6 Å². The van der Waals surface area contributed by atoms with E-state index >= 15 is 0 Å². The molecule has 1 atom stereocenters. The van der Waals surface area contributed by atoms with E-state index in [1.165, 1.54) is 19.3 Å². The van der Waals surface area contributed by atoms with Gasteiger partial charge < -0.3 is 20.3 Å². The lowest BCUT2D eigenvalue weighted by molar-refractivity contribution is -0.127. The fourth-order valence-corrected chi connectivity index (χ4v) is 4.61. The molecular formula is C25H40N4O3. The van der Waals surface area contributed by atoms with E-state index < -0.39 is 6.04 Å². The average Bonchev–Trinajstić information content (AvgIpc) is 2.80.